The number of carbonyl (C=O) groups is 1. The molecule has 0 radical (unpaired) electrons. The van der Waals surface area contributed by atoms with E-state index in [2.05, 4.69) is 25.6 Å². The number of oxazole rings is 1. The maximum atomic E-state index is 14.3. The minimum absolute atomic E-state index is 0.00248. The zero-order valence-corrected chi connectivity index (χ0v) is 19.0. The van der Waals surface area contributed by atoms with Gasteiger partial charge in [0.05, 0.1) is 18.8 Å². The summed E-state index contributed by atoms with van der Waals surface area (Å²) in [5, 5.41) is 13.1. The summed E-state index contributed by atoms with van der Waals surface area (Å²) < 4.78 is 56.3. The van der Waals surface area contributed by atoms with Gasteiger partial charge in [-0.1, -0.05) is 0 Å². The number of carboxylic acids is 1. The standard InChI is InChI=1S/C20H18FN5O3.C2HF3O2/c1-10-6-12(4-5-16(10)28-3)24-19-22-9-14(21)18(26-19)23-13-7-11(2)17-15(8-13)25-20(27)29-17;3-2(4,5)1(6)7/h4-9H,1-3H3,(H,25,27)(H2,22,23,24,26);(H,6,7). The van der Waals surface area contributed by atoms with Crippen molar-refractivity contribution < 1.29 is 36.6 Å². The van der Waals surface area contributed by atoms with Crippen LogP contribution in [0.15, 0.2) is 45.7 Å². The second-order valence-electron chi connectivity index (χ2n) is 7.31. The third-order valence-electron chi connectivity index (χ3n) is 4.61. The molecule has 4 aromatic rings. The van der Waals surface area contributed by atoms with Gasteiger partial charge in [0, 0.05) is 11.4 Å². The van der Waals surface area contributed by atoms with Crippen LogP contribution in [-0.2, 0) is 4.79 Å². The first kappa shape index (κ1) is 26.0. The normalized spacial score (nSPS) is 11.0. The third-order valence-corrected chi connectivity index (χ3v) is 4.61. The lowest BCUT2D eigenvalue weighted by molar-refractivity contribution is -0.192. The summed E-state index contributed by atoms with van der Waals surface area (Å²) >= 11 is 0. The summed E-state index contributed by atoms with van der Waals surface area (Å²) in [6.07, 6.45) is -4.00. The molecule has 0 saturated carbocycles. The number of rotatable bonds is 5. The summed E-state index contributed by atoms with van der Waals surface area (Å²) in [7, 11) is 1.61. The maximum Gasteiger partial charge on any atom is 0.490 e. The maximum absolute atomic E-state index is 14.3. The number of methoxy groups -OCH3 is 1. The number of nitrogens with zero attached hydrogens (tertiary/aromatic N) is 2. The molecule has 0 saturated heterocycles. The van der Waals surface area contributed by atoms with Gasteiger partial charge in [0.15, 0.2) is 17.2 Å². The quantitative estimate of drug-likeness (QED) is 0.279. The first-order valence-corrected chi connectivity index (χ1v) is 10.0. The van der Waals surface area contributed by atoms with Crippen molar-refractivity contribution in [2.75, 3.05) is 17.7 Å². The van der Waals surface area contributed by atoms with Crippen molar-refractivity contribution in [3.8, 4) is 5.75 Å². The highest BCUT2D eigenvalue weighted by Gasteiger charge is 2.38. The van der Waals surface area contributed by atoms with Gasteiger partial charge in [0.1, 0.15) is 5.75 Å². The molecule has 0 amide bonds. The highest BCUT2D eigenvalue weighted by atomic mass is 19.4. The summed E-state index contributed by atoms with van der Waals surface area (Å²) in [6, 6.07) is 8.91. The number of alkyl halides is 3. The highest BCUT2D eigenvalue weighted by molar-refractivity contribution is 5.81. The number of aliphatic carboxylic acids is 1. The van der Waals surface area contributed by atoms with Gasteiger partial charge >= 0.3 is 17.9 Å². The van der Waals surface area contributed by atoms with E-state index in [0.717, 1.165) is 28.8 Å². The zero-order chi connectivity index (χ0) is 26.6. The fourth-order valence-electron chi connectivity index (χ4n) is 3.04. The molecule has 0 fully saturated rings. The number of nitrogens with one attached hydrogen (secondary N) is 3. The molecule has 14 heteroatoms. The summed E-state index contributed by atoms with van der Waals surface area (Å²) in [5.41, 5.74) is 3.94. The van der Waals surface area contributed by atoms with E-state index < -0.39 is 23.7 Å². The molecular formula is C22H19F4N5O5. The molecule has 0 aliphatic heterocycles. The molecule has 36 heavy (non-hydrogen) atoms. The molecule has 2 aromatic carbocycles. The zero-order valence-electron chi connectivity index (χ0n) is 19.0. The number of aryl methyl sites for hydroxylation is 2. The molecule has 4 N–H and O–H groups in total. The number of aromatic amines is 1. The van der Waals surface area contributed by atoms with Gasteiger partial charge in [-0.05, 0) is 55.3 Å². The minimum atomic E-state index is -5.08. The number of benzene rings is 2. The number of ether oxygens (including phenoxy) is 1. The highest BCUT2D eigenvalue weighted by Crippen LogP contribution is 2.26. The Balaban J connectivity index is 0.000000454. The van der Waals surface area contributed by atoms with Gasteiger partial charge in [-0.2, -0.15) is 18.2 Å². The minimum Gasteiger partial charge on any atom is -0.496 e. The lowest BCUT2D eigenvalue weighted by Gasteiger charge is -2.11. The van der Waals surface area contributed by atoms with E-state index in [1.54, 1.807) is 26.2 Å². The van der Waals surface area contributed by atoms with Crippen LogP contribution in [0.2, 0.25) is 0 Å². The fraction of sp³-hybridized carbons (Fsp3) is 0.182. The molecule has 0 spiro atoms. The van der Waals surface area contributed by atoms with Crippen LogP contribution in [0.5, 0.6) is 5.75 Å². The Bertz CT molecular complexity index is 1470. The van der Waals surface area contributed by atoms with Crippen molar-refractivity contribution in [1.29, 1.82) is 0 Å². The van der Waals surface area contributed by atoms with E-state index in [9.17, 15) is 22.4 Å². The molecule has 0 atom stereocenters. The largest absolute Gasteiger partial charge is 0.496 e. The van der Waals surface area contributed by atoms with Crippen LogP contribution >= 0.6 is 0 Å². The van der Waals surface area contributed by atoms with Gasteiger partial charge in [0.25, 0.3) is 0 Å². The van der Waals surface area contributed by atoms with Crippen molar-refractivity contribution in [2.24, 2.45) is 0 Å². The van der Waals surface area contributed by atoms with Crippen molar-refractivity contribution in [2.45, 2.75) is 20.0 Å². The molecule has 4 rings (SSSR count). The molecule has 190 valence electrons. The molecule has 10 nitrogen and oxygen atoms in total. The molecule has 2 aromatic heterocycles. The first-order chi connectivity index (χ1) is 16.9. The third kappa shape index (κ3) is 6.28. The summed E-state index contributed by atoms with van der Waals surface area (Å²) in [6.45, 7) is 3.71. The van der Waals surface area contributed by atoms with Crippen molar-refractivity contribution in [3.63, 3.8) is 0 Å². The Morgan fingerprint density at radius 3 is 2.39 bits per heavy atom. The van der Waals surface area contributed by atoms with Crippen LogP contribution in [0.3, 0.4) is 0 Å². The second kappa shape index (κ2) is 10.3. The van der Waals surface area contributed by atoms with E-state index in [1.165, 1.54) is 0 Å². The van der Waals surface area contributed by atoms with Gasteiger partial charge in [-0.25, -0.2) is 19.0 Å². The SMILES string of the molecule is COc1ccc(Nc2ncc(F)c(Nc3cc(C)c4oc(=O)[nH]c4c3)n2)cc1C.O=C(O)C(F)(F)F. The second-order valence-corrected chi connectivity index (χ2v) is 7.31. The Morgan fingerprint density at radius 2 is 1.78 bits per heavy atom. The van der Waals surface area contributed by atoms with Crippen molar-refractivity contribution in [3.05, 3.63) is 64.0 Å². The Morgan fingerprint density at radius 1 is 1.11 bits per heavy atom. The van der Waals surface area contributed by atoms with Crippen LogP contribution in [0.1, 0.15) is 11.1 Å². The van der Waals surface area contributed by atoms with Crippen LogP contribution in [0, 0.1) is 19.7 Å². The molecule has 2 heterocycles. The molecule has 0 unspecified atom stereocenters. The van der Waals surface area contributed by atoms with Crippen LogP contribution in [0.4, 0.5) is 40.7 Å². The number of hydrogen-bond acceptors (Lipinski definition) is 8. The van der Waals surface area contributed by atoms with Gasteiger partial charge < -0.3 is 24.9 Å². The number of carboxylic acid groups (broad SMARTS) is 1. The van der Waals surface area contributed by atoms with Crippen LogP contribution in [0.25, 0.3) is 11.1 Å². The Hall–Kier alpha value is -4.62. The summed E-state index contributed by atoms with van der Waals surface area (Å²) in [4.78, 5) is 31.1. The van der Waals surface area contributed by atoms with E-state index >= 15 is 0 Å². The van der Waals surface area contributed by atoms with E-state index in [-0.39, 0.29) is 11.8 Å². The number of H-pyrrole nitrogens is 1. The number of aromatic nitrogens is 3. The van der Waals surface area contributed by atoms with Crippen LogP contribution in [-0.4, -0.2) is 39.3 Å². The molecular weight excluding hydrogens is 490 g/mol. The number of anilines is 4. The molecule has 0 aliphatic carbocycles. The van der Waals surface area contributed by atoms with Crippen molar-refractivity contribution >= 4 is 40.2 Å². The predicted octanol–water partition coefficient (Wildman–Crippen LogP) is 4.80. The van der Waals surface area contributed by atoms with Gasteiger partial charge in [-0.3, -0.25) is 4.98 Å². The fourth-order valence-corrected chi connectivity index (χ4v) is 3.04. The smallest absolute Gasteiger partial charge is 0.490 e. The van der Waals surface area contributed by atoms with Gasteiger partial charge in [-0.15, -0.1) is 0 Å². The Labute approximate surface area is 200 Å². The summed E-state index contributed by atoms with van der Waals surface area (Å²) in [5.74, 6) is -2.92. The van der Waals surface area contributed by atoms with E-state index in [4.69, 9.17) is 19.1 Å². The predicted molar refractivity (Wildman–Crippen MR) is 122 cm³/mol. The Kier molecular flexibility index (Phi) is 7.46. The number of fused-ring (bicyclic) bond motifs is 1. The van der Waals surface area contributed by atoms with Crippen LogP contribution < -0.4 is 21.1 Å². The first-order valence-electron chi connectivity index (χ1n) is 10.0. The number of halogens is 4. The lowest BCUT2D eigenvalue weighted by Crippen LogP contribution is -2.21. The lowest BCUT2D eigenvalue weighted by atomic mass is 10.2. The van der Waals surface area contributed by atoms with E-state index in [1.807, 2.05) is 25.1 Å². The monoisotopic (exact) mass is 509 g/mol. The molecule has 0 aliphatic rings. The number of hydrogen-bond donors (Lipinski definition) is 4. The van der Waals surface area contributed by atoms with E-state index in [0.29, 0.717) is 16.8 Å². The average Bonchev–Trinajstić information content (AvgIpc) is 3.17. The topological polar surface area (TPSA) is 142 Å². The molecule has 0 bridgehead atoms. The average molecular weight is 509 g/mol. The van der Waals surface area contributed by atoms with Gasteiger partial charge in [0.2, 0.25) is 5.95 Å². The van der Waals surface area contributed by atoms with Crippen molar-refractivity contribution in [1.82, 2.24) is 15.0 Å².